The third-order valence-corrected chi connectivity index (χ3v) is 6.83. The second kappa shape index (κ2) is 7.66. The zero-order valence-electron chi connectivity index (χ0n) is 15.0. The Bertz CT molecular complexity index is 966. The van der Waals surface area contributed by atoms with Crippen LogP contribution in [0.1, 0.15) is 31.4 Å². The van der Waals surface area contributed by atoms with E-state index in [9.17, 15) is 4.79 Å². The molecule has 1 fully saturated rings. The fourth-order valence-corrected chi connectivity index (χ4v) is 4.58. The molecule has 2 heterocycles. The first kappa shape index (κ1) is 18.5. The lowest BCUT2D eigenvalue weighted by molar-refractivity contribution is -0.115. The summed E-state index contributed by atoms with van der Waals surface area (Å²) in [5, 5.41) is 14.9. The van der Waals surface area contributed by atoms with E-state index < -0.39 is 0 Å². The van der Waals surface area contributed by atoms with Crippen LogP contribution in [0.2, 0.25) is 5.02 Å². The van der Waals surface area contributed by atoms with Gasteiger partial charge >= 0.3 is 0 Å². The summed E-state index contributed by atoms with van der Waals surface area (Å²) >= 11 is 9.24. The van der Waals surface area contributed by atoms with Crippen LogP contribution in [-0.2, 0) is 4.79 Å². The molecule has 0 radical (unpaired) electrons. The number of nitrogens with zero attached hydrogens (tertiary/aromatic N) is 3. The summed E-state index contributed by atoms with van der Waals surface area (Å²) in [6.07, 6.45) is 2.26. The van der Waals surface area contributed by atoms with Gasteiger partial charge in [-0.25, -0.2) is 0 Å². The fraction of sp³-hybridized carbons (Fsp3) is 0.316. The van der Waals surface area contributed by atoms with Gasteiger partial charge in [0.05, 0.1) is 10.1 Å². The highest BCUT2D eigenvalue weighted by atomic mass is 35.5. The van der Waals surface area contributed by atoms with Crippen LogP contribution in [-0.4, -0.2) is 25.9 Å². The molecule has 27 heavy (non-hydrogen) atoms. The first-order chi connectivity index (χ1) is 13.0. The molecule has 1 saturated carbocycles. The maximum atomic E-state index is 12.7. The Morgan fingerprint density at radius 1 is 1.33 bits per heavy atom. The summed E-state index contributed by atoms with van der Waals surface area (Å²) in [4.78, 5) is 13.8. The molecule has 2 aromatic heterocycles. The molecule has 1 atom stereocenters. The molecular weight excluding hydrogens is 400 g/mol. The summed E-state index contributed by atoms with van der Waals surface area (Å²) in [7, 11) is 0. The lowest BCUT2D eigenvalue weighted by atomic mass is 10.2. The molecule has 0 saturated heterocycles. The van der Waals surface area contributed by atoms with Crippen LogP contribution in [0.5, 0.6) is 0 Å². The number of anilines is 1. The molecule has 1 unspecified atom stereocenters. The number of carbonyl (C=O) groups is 1. The number of hydrogen-bond acceptors (Lipinski definition) is 5. The molecule has 4 rings (SSSR count). The topological polar surface area (TPSA) is 59.8 Å². The highest BCUT2D eigenvalue weighted by Gasteiger charge is 2.31. The van der Waals surface area contributed by atoms with Crippen LogP contribution >= 0.6 is 34.7 Å². The van der Waals surface area contributed by atoms with E-state index in [0.29, 0.717) is 11.1 Å². The average molecular weight is 419 g/mol. The molecule has 1 aliphatic carbocycles. The Morgan fingerprint density at radius 3 is 2.85 bits per heavy atom. The Labute approximate surface area is 171 Å². The van der Waals surface area contributed by atoms with E-state index in [1.807, 2.05) is 43.5 Å². The van der Waals surface area contributed by atoms with Gasteiger partial charge in [-0.05, 0) is 55.8 Å². The lowest BCUT2D eigenvalue weighted by Crippen LogP contribution is -2.23. The number of benzene rings is 1. The number of nitrogens with one attached hydrogen (secondary N) is 1. The number of thioether (sulfide) groups is 1. The quantitative estimate of drug-likeness (QED) is 0.543. The Balaban J connectivity index is 1.52. The van der Waals surface area contributed by atoms with Gasteiger partial charge in [-0.2, -0.15) is 0 Å². The molecule has 1 N–H and O–H groups in total. The van der Waals surface area contributed by atoms with Crippen LogP contribution in [0.25, 0.3) is 10.7 Å². The maximum absolute atomic E-state index is 12.7. The minimum Gasteiger partial charge on any atom is -0.325 e. The van der Waals surface area contributed by atoms with E-state index in [1.54, 1.807) is 11.3 Å². The molecule has 8 heteroatoms. The van der Waals surface area contributed by atoms with E-state index >= 15 is 0 Å². The Morgan fingerprint density at radius 2 is 2.15 bits per heavy atom. The summed E-state index contributed by atoms with van der Waals surface area (Å²) in [5.74, 6) is 0.821. The van der Waals surface area contributed by atoms with Gasteiger partial charge in [0, 0.05) is 16.8 Å². The highest BCUT2D eigenvalue weighted by molar-refractivity contribution is 8.00. The van der Waals surface area contributed by atoms with Gasteiger partial charge in [-0.15, -0.1) is 21.5 Å². The SMILES string of the molecule is Cc1c(Cl)cccc1NC(=O)C(C)Sc1nnc(-c2cccs2)n1C1CC1. The number of aromatic nitrogens is 3. The van der Waals surface area contributed by atoms with Crippen molar-refractivity contribution < 1.29 is 4.79 Å². The van der Waals surface area contributed by atoms with Crippen molar-refractivity contribution in [3.8, 4) is 10.7 Å². The molecule has 140 valence electrons. The van der Waals surface area contributed by atoms with Crippen molar-refractivity contribution in [1.82, 2.24) is 14.8 Å². The highest BCUT2D eigenvalue weighted by Crippen LogP contribution is 2.42. The van der Waals surface area contributed by atoms with Crippen molar-refractivity contribution in [2.45, 2.75) is 43.1 Å². The van der Waals surface area contributed by atoms with Crippen molar-refractivity contribution >= 4 is 46.3 Å². The number of hydrogen-bond donors (Lipinski definition) is 1. The second-order valence-electron chi connectivity index (χ2n) is 6.55. The minimum absolute atomic E-state index is 0.0756. The summed E-state index contributed by atoms with van der Waals surface area (Å²) in [6.45, 7) is 3.78. The van der Waals surface area contributed by atoms with E-state index in [4.69, 9.17) is 11.6 Å². The van der Waals surface area contributed by atoms with Crippen molar-refractivity contribution in [2.75, 3.05) is 5.32 Å². The number of halogens is 1. The smallest absolute Gasteiger partial charge is 0.237 e. The molecule has 0 aliphatic heterocycles. The van der Waals surface area contributed by atoms with Crippen LogP contribution in [0.15, 0.2) is 40.9 Å². The van der Waals surface area contributed by atoms with Gasteiger partial charge in [0.25, 0.3) is 0 Å². The van der Waals surface area contributed by atoms with Crippen LogP contribution in [0.4, 0.5) is 5.69 Å². The lowest BCUT2D eigenvalue weighted by Gasteiger charge is -2.14. The van der Waals surface area contributed by atoms with E-state index in [1.165, 1.54) is 11.8 Å². The molecule has 3 aromatic rings. The molecule has 1 aliphatic rings. The molecule has 5 nitrogen and oxygen atoms in total. The fourth-order valence-electron chi connectivity index (χ4n) is 2.78. The largest absolute Gasteiger partial charge is 0.325 e. The van der Waals surface area contributed by atoms with E-state index in [-0.39, 0.29) is 11.2 Å². The van der Waals surface area contributed by atoms with Crippen molar-refractivity contribution in [1.29, 1.82) is 0 Å². The van der Waals surface area contributed by atoms with Crippen LogP contribution in [0, 0.1) is 6.92 Å². The molecule has 1 amide bonds. The zero-order chi connectivity index (χ0) is 19.0. The summed E-state index contributed by atoms with van der Waals surface area (Å²) in [5.41, 5.74) is 1.61. The normalized spacial score (nSPS) is 14.9. The second-order valence-corrected chi connectivity index (χ2v) is 9.21. The summed E-state index contributed by atoms with van der Waals surface area (Å²) < 4.78 is 2.19. The average Bonchev–Trinajstić information content (AvgIpc) is 3.17. The van der Waals surface area contributed by atoms with Gasteiger partial charge < -0.3 is 5.32 Å². The number of thiophene rings is 1. The molecule has 0 spiro atoms. The van der Waals surface area contributed by atoms with Gasteiger partial charge in [0.1, 0.15) is 0 Å². The third kappa shape index (κ3) is 3.90. The summed E-state index contributed by atoms with van der Waals surface area (Å²) in [6, 6.07) is 10.0. The van der Waals surface area contributed by atoms with E-state index in [0.717, 1.165) is 40.0 Å². The molecule has 1 aromatic carbocycles. The van der Waals surface area contributed by atoms with Crippen molar-refractivity contribution in [3.63, 3.8) is 0 Å². The predicted octanol–water partition coefficient (Wildman–Crippen LogP) is 5.42. The number of carbonyl (C=O) groups excluding carboxylic acids is 1. The number of rotatable bonds is 6. The van der Waals surface area contributed by atoms with Gasteiger partial charge in [-0.3, -0.25) is 9.36 Å². The van der Waals surface area contributed by atoms with Crippen molar-refractivity contribution in [3.05, 3.63) is 46.3 Å². The van der Waals surface area contributed by atoms with Gasteiger partial charge in [0.2, 0.25) is 5.91 Å². The van der Waals surface area contributed by atoms with Crippen molar-refractivity contribution in [2.24, 2.45) is 0 Å². The van der Waals surface area contributed by atoms with Crippen LogP contribution in [0.3, 0.4) is 0 Å². The van der Waals surface area contributed by atoms with Gasteiger partial charge in [-0.1, -0.05) is 35.5 Å². The minimum atomic E-state index is -0.304. The zero-order valence-corrected chi connectivity index (χ0v) is 17.4. The first-order valence-corrected chi connectivity index (χ1v) is 10.9. The van der Waals surface area contributed by atoms with Gasteiger partial charge in [0.15, 0.2) is 11.0 Å². The molecular formula is C19H19ClN4OS2. The maximum Gasteiger partial charge on any atom is 0.237 e. The Hall–Kier alpha value is -1.83. The Kier molecular flexibility index (Phi) is 5.25. The van der Waals surface area contributed by atoms with E-state index in [2.05, 4.69) is 26.1 Å². The molecule has 0 bridgehead atoms. The predicted molar refractivity (Wildman–Crippen MR) is 112 cm³/mol. The standard InChI is InChI=1S/C19H19ClN4OS2/c1-11-14(20)5-3-6-15(11)21-18(25)12(2)27-19-23-22-17(16-7-4-10-26-16)24(19)13-8-9-13/h3-7,10,12-13H,8-9H2,1-2H3,(H,21,25). The first-order valence-electron chi connectivity index (χ1n) is 8.76. The third-order valence-electron chi connectivity index (χ3n) is 4.50. The monoisotopic (exact) mass is 418 g/mol. The van der Waals surface area contributed by atoms with Crippen LogP contribution < -0.4 is 5.32 Å². The number of amides is 1.